The van der Waals surface area contributed by atoms with E-state index in [1.807, 2.05) is 37.3 Å². The molecule has 0 aliphatic heterocycles. The van der Waals surface area contributed by atoms with Crippen LogP contribution in [-0.4, -0.2) is 20.4 Å². The molecule has 0 saturated heterocycles. The summed E-state index contributed by atoms with van der Waals surface area (Å²) in [6.07, 6.45) is 0. The van der Waals surface area contributed by atoms with E-state index in [0.717, 1.165) is 5.56 Å². The van der Waals surface area contributed by atoms with E-state index in [1.54, 1.807) is 0 Å². The van der Waals surface area contributed by atoms with E-state index in [2.05, 4.69) is 10.0 Å². The molecule has 0 fully saturated rings. The van der Waals surface area contributed by atoms with E-state index >= 15 is 0 Å². The van der Waals surface area contributed by atoms with Gasteiger partial charge in [-0.25, -0.2) is 8.42 Å². The van der Waals surface area contributed by atoms with E-state index in [0.29, 0.717) is 5.02 Å². The largest absolute Gasteiger partial charge is 0.348 e. The Hall–Kier alpha value is -1.89. The SMILES string of the molecule is C[C@H](NS(=O)(=O)c1ccc(Cl)cc1)C(=O)N[C@H](C)c1ccccc1. The number of sulfonamides is 1. The Morgan fingerprint density at radius 2 is 1.58 bits per heavy atom. The van der Waals surface area contributed by atoms with Crippen molar-refractivity contribution in [3.63, 3.8) is 0 Å². The van der Waals surface area contributed by atoms with Crippen LogP contribution in [0.5, 0.6) is 0 Å². The molecule has 128 valence electrons. The third-order valence-corrected chi connectivity index (χ3v) is 5.32. The molecular weight excluding hydrogens is 348 g/mol. The Morgan fingerprint density at radius 3 is 2.17 bits per heavy atom. The number of carbonyl (C=O) groups excluding carboxylic acids is 1. The molecule has 0 aliphatic rings. The lowest BCUT2D eigenvalue weighted by molar-refractivity contribution is -0.123. The fourth-order valence-corrected chi connectivity index (χ4v) is 3.46. The topological polar surface area (TPSA) is 75.3 Å². The van der Waals surface area contributed by atoms with Gasteiger partial charge in [-0.05, 0) is 43.7 Å². The summed E-state index contributed by atoms with van der Waals surface area (Å²) in [5.41, 5.74) is 0.943. The molecule has 0 spiro atoms. The van der Waals surface area contributed by atoms with Crippen molar-refractivity contribution in [2.45, 2.75) is 30.8 Å². The molecule has 0 saturated carbocycles. The minimum Gasteiger partial charge on any atom is -0.348 e. The minimum atomic E-state index is -3.79. The number of amides is 1. The van der Waals surface area contributed by atoms with Gasteiger partial charge in [0.15, 0.2) is 0 Å². The van der Waals surface area contributed by atoms with Crippen LogP contribution in [0.15, 0.2) is 59.5 Å². The lowest BCUT2D eigenvalue weighted by atomic mass is 10.1. The molecule has 2 aromatic carbocycles. The smallest absolute Gasteiger partial charge is 0.241 e. The maximum absolute atomic E-state index is 12.3. The zero-order valence-electron chi connectivity index (χ0n) is 13.4. The Labute approximate surface area is 147 Å². The van der Waals surface area contributed by atoms with Gasteiger partial charge in [0.25, 0.3) is 0 Å². The molecule has 5 nitrogen and oxygen atoms in total. The van der Waals surface area contributed by atoms with Crippen molar-refractivity contribution >= 4 is 27.5 Å². The van der Waals surface area contributed by atoms with Crippen LogP contribution in [-0.2, 0) is 14.8 Å². The second-order valence-corrected chi connectivity index (χ2v) is 7.59. The second-order valence-electron chi connectivity index (χ2n) is 5.44. The zero-order valence-corrected chi connectivity index (χ0v) is 14.9. The summed E-state index contributed by atoms with van der Waals surface area (Å²) >= 11 is 5.75. The average Bonchev–Trinajstić information content (AvgIpc) is 2.55. The molecule has 0 radical (unpaired) electrons. The fraction of sp³-hybridized carbons (Fsp3) is 0.235. The molecular formula is C17H19ClN2O3S. The molecule has 2 rings (SSSR count). The van der Waals surface area contributed by atoms with Crippen LogP contribution in [0.25, 0.3) is 0 Å². The highest BCUT2D eigenvalue weighted by atomic mass is 35.5. The van der Waals surface area contributed by atoms with Crippen molar-refractivity contribution in [1.29, 1.82) is 0 Å². The van der Waals surface area contributed by atoms with Crippen molar-refractivity contribution in [3.05, 3.63) is 65.2 Å². The van der Waals surface area contributed by atoms with Gasteiger partial charge in [-0.3, -0.25) is 4.79 Å². The molecule has 2 N–H and O–H groups in total. The van der Waals surface area contributed by atoms with Crippen molar-refractivity contribution in [1.82, 2.24) is 10.0 Å². The van der Waals surface area contributed by atoms with Crippen molar-refractivity contribution < 1.29 is 13.2 Å². The number of hydrogen-bond donors (Lipinski definition) is 2. The Balaban J connectivity index is 2.02. The first-order valence-electron chi connectivity index (χ1n) is 7.43. The maximum Gasteiger partial charge on any atom is 0.241 e. The van der Waals surface area contributed by atoms with E-state index in [9.17, 15) is 13.2 Å². The molecule has 24 heavy (non-hydrogen) atoms. The molecule has 1 amide bonds. The molecule has 0 aliphatic carbocycles. The highest BCUT2D eigenvalue weighted by Crippen LogP contribution is 2.15. The third-order valence-electron chi connectivity index (χ3n) is 3.51. The van der Waals surface area contributed by atoms with Gasteiger partial charge in [0.2, 0.25) is 15.9 Å². The average molecular weight is 367 g/mol. The van der Waals surface area contributed by atoms with Gasteiger partial charge in [-0.15, -0.1) is 0 Å². The van der Waals surface area contributed by atoms with Crippen LogP contribution in [0.1, 0.15) is 25.5 Å². The molecule has 0 bridgehead atoms. The Bertz CT molecular complexity index is 792. The van der Waals surface area contributed by atoms with Crippen LogP contribution >= 0.6 is 11.6 Å². The summed E-state index contributed by atoms with van der Waals surface area (Å²) in [6.45, 7) is 3.34. The van der Waals surface area contributed by atoms with E-state index in [4.69, 9.17) is 11.6 Å². The van der Waals surface area contributed by atoms with Gasteiger partial charge in [0.05, 0.1) is 17.0 Å². The number of halogens is 1. The molecule has 2 atom stereocenters. The normalized spacial score (nSPS) is 14.0. The number of nitrogens with one attached hydrogen (secondary N) is 2. The van der Waals surface area contributed by atoms with Gasteiger partial charge in [-0.2, -0.15) is 4.72 Å². The monoisotopic (exact) mass is 366 g/mol. The lowest BCUT2D eigenvalue weighted by Crippen LogP contribution is -2.45. The van der Waals surface area contributed by atoms with Crippen molar-refractivity contribution in [2.24, 2.45) is 0 Å². The lowest BCUT2D eigenvalue weighted by Gasteiger charge is -2.19. The van der Waals surface area contributed by atoms with Crippen molar-refractivity contribution in [2.75, 3.05) is 0 Å². The summed E-state index contributed by atoms with van der Waals surface area (Å²) < 4.78 is 26.9. The first-order valence-corrected chi connectivity index (χ1v) is 9.29. The predicted octanol–water partition coefficient (Wildman–Crippen LogP) is 2.88. The molecule has 0 unspecified atom stereocenters. The highest BCUT2D eigenvalue weighted by Gasteiger charge is 2.23. The molecule has 7 heteroatoms. The first kappa shape index (κ1) is 18.4. The minimum absolute atomic E-state index is 0.0580. The van der Waals surface area contributed by atoms with Gasteiger partial charge >= 0.3 is 0 Å². The summed E-state index contributed by atoms with van der Waals surface area (Å²) in [5, 5.41) is 3.23. The second kappa shape index (κ2) is 7.79. The van der Waals surface area contributed by atoms with Crippen LogP contribution in [0.2, 0.25) is 5.02 Å². The van der Waals surface area contributed by atoms with E-state index < -0.39 is 22.0 Å². The summed E-state index contributed by atoms with van der Waals surface area (Å²) in [5.74, 6) is -0.399. The number of rotatable bonds is 6. The maximum atomic E-state index is 12.3. The van der Waals surface area contributed by atoms with Gasteiger partial charge in [-0.1, -0.05) is 41.9 Å². The van der Waals surface area contributed by atoms with Crippen molar-refractivity contribution in [3.8, 4) is 0 Å². The van der Waals surface area contributed by atoms with Gasteiger partial charge < -0.3 is 5.32 Å². The zero-order chi connectivity index (χ0) is 17.7. The quantitative estimate of drug-likeness (QED) is 0.825. The van der Waals surface area contributed by atoms with E-state index in [-0.39, 0.29) is 10.9 Å². The van der Waals surface area contributed by atoms with Crippen LogP contribution < -0.4 is 10.0 Å². The number of carbonyl (C=O) groups is 1. The van der Waals surface area contributed by atoms with Crippen LogP contribution in [0.4, 0.5) is 0 Å². The summed E-state index contributed by atoms with van der Waals surface area (Å²) in [7, 11) is -3.79. The van der Waals surface area contributed by atoms with Gasteiger partial charge in [0.1, 0.15) is 0 Å². The number of hydrogen-bond acceptors (Lipinski definition) is 3. The van der Waals surface area contributed by atoms with E-state index in [1.165, 1.54) is 31.2 Å². The third kappa shape index (κ3) is 4.80. The predicted molar refractivity (Wildman–Crippen MR) is 94.2 cm³/mol. The fourth-order valence-electron chi connectivity index (χ4n) is 2.13. The number of benzene rings is 2. The summed E-state index contributed by atoms with van der Waals surface area (Å²) in [4.78, 5) is 12.3. The summed E-state index contributed by atoms with van der Waals surface area (Å²) in [6, 6.07) is 14.1. The van der Waals surface area contributed by atoms with Crippen LogP contribution in [0.3, 0.4) is 0 Å². The first-order chi connectivity index (χ1) is 11.3. The molecule has 2 aromatic rings. The highest BCUT2D eigenvalue weighted by molar-refractivity contribution is 7.89. The molecule has 0 aromatic heterocycles. The standard InChI is InChI=1S/C17H19ClN2O3S/c1-12(14-6-4-3-5-7-14)19-17(21)13(2)20-24(22,23)16-10-8-15(18)9-11-16/h3-13,20H,1-2H3,(H,19,21)/t12-,13+/m1/s1. The molecule has 0 heterocycles. The Kier molecular flexibility index (Phi) is 5.99. The van der Waals surface area contributed by atoms with Crippen LogP contribution in [0, 0.1) is 0 Å². The van der Waals surface area contributed by atoms with Gasteiger partial charge in [0, 0.05) is 5.02 Å². The Morgan fingerprint density at radius 1 is 1.00 bits per heavy atom.